The lowest BCUT2D eigenvalue weighted by molar-refractivity contribution is -0.119. The topological polar surface area (TPSA) is 70.1 Å². The summed E-state index contributed by atoms with van der Waals surface area (Å²) in [7, 11) is 0. The van der Waals surface area contributed by atoms with Crippen LogP contribution < -0.4 is 10.5 Å². The Balaban J connectivity index is 1.88. The highest BCUT2D eigenvalue weighted by atomic mass is 19.1. The third-order valence-corrected chi connectivity index (χ3v) is 4.53. The molecule has 0 fully saturated rings. The predicted molar refractivity (Wildman–Crippen MR) is 105 cm³/mol. The number of amides is 1. The van der Waals surface area contributed by atoms with Crippen LogP contribution >= 0.6 is 0 Å². The zero-order valence-electron chi connectivity index (χ0n) is 15.3. The number of imidazole rings is 1. The molecule has 0 aliphatic rings. The number of hydrogen-bond acceptors (Lipinski definition) is 3. The fourth-order valence-corrected chi connectivity index (χ4v) is 3.21. The van der Waals surface area contributed by atoms with E-state index in [0.29, 0.717) is 22.7 Å². The van der Waals surface area contributed by atoms with Crippen LogP contribution in [0.1, 0.15) is 5.56 Å². The van der Waals surface area contributed by atoms with Crippen LogP contribution in [0.15, 0.2) is 66.7 Å². The van der Waals surface area contributed by atoms with Crippen LogP contribution in [0, 0.1) is 11.6 Å². The Morgan fingerprint density at radius 3 is 2.41 bits per heavy atom. The van der Waals surface area contributed by atoms with Crippen LogP contribution in [0.5, 0.6) is 5.75 Å². The molecule has 0 saturated heterocycles. The van der Waals surface area contributed by atoms with Gasteiger partial charge < -0.3 is 15.0 Å². The van der Waals surface area contributed by atoms with E-state index < -0.39 is 17.5 Å². The molecule has 7 heteroatoms. The van der Waals surface area contributed by atoms with Crippen LogP contribution in [-0.4, -0.2) is 22.1 Å². The zero-order chi connectivity index (χ0) is 20.4. The number of carbonyl (C=O) groups excluding carboxylic acids is 1. The first-order chi connectivity index (χ1) is 14.0. The molecule has 0 bridgehead atoms. The first kappa shape index (κ1) is 18.6. The van der Waals surface area contributed by atoms with E-state index >= 15 is 0 Å². The summed E-state index contributed by atoms with van der Waals surface area (Å²) in [5.74, 6) is -1.01. The Labute approximate surface area is 165 Å². The summed E-state index contributed by atoms with van der Waals surface area (Å²) in [6.07, 6.45) is 0. The van der Waals surface area contributed by atoms with Crippen molar-refractivity contribution in [2.45, 2.75) is 6.54 Å². The molecule has 5 nitrogen and oxygen atoms in total. The molecule has 2 N–H and O–H groups in total. The van der Waals surface area contributed by atoms with Gasteiger partial charge in [0.25, 0.3) is 5.91 Å². The minimum absolute atomic E-state index is 0.0570. The van der Waals surface area contributed by atoms with Crippen molar-refractivity contribution in [1.29, 1.82) is 0 Å². The zero-order valence-corrected chi connectivity index (χ0v) is 15.3. The molecule has 0 atom stereocenters. The smallest absolute Gasteiger partial charge is 0.255 e. The van der Waals surface area contributed by atoms with Crippen LogP contribution in [0.25, 0.3) is 22.4 Å². The number of rotatable bonds is 6. The third kappa shape index (κ3) is 3.67. The van der Waals surface area contributed by atoms with Gasteiger partial charge in [-0.25, -0.2) is 13.8 Å². The average molecular weight is 393 g/mol. The molecule has 1 heterocycles. The van der Waals surface area contributed by atoms with Crippen LogP contribution in [0.3, 0.4) is 0 Å². The van der Waals surface area contributed by atoms with Gasteiger partial charge in [0.2, 0.25) is 0 Å². The molecule has 29 heavy (non-hydrogen) atoms. The third-order valence-electron chi connectivity index (χ3n) is 4.53. The summed E-state index contributed by atoms with van der Waals surface area (Å²) >= 11 is 0. The second-order valence-corrected chi connectivity index (χ2v) is 6.46. The normalized spacial score (nSPS) is 11.0. The summed E-state index contributed by atoms with van der Waals surface area (Å²) in [5, 5.41) is 0. The number of ether oxygens (including phenoxy) is 1. The quantitative estimate of drug-likeness (QED) is 0.540. The monoisotopic (exact) mass is 393 g/mol. The van der Waals surface area contributed by atoms with Crippen LogP contribution in [-0.2, 0) is 11.3 Å². The molecule has 3 aromatic carbocycles. The van der Waals surface area contributed by atoms with Crippen molar-refractivity contribution in [3.05, 3.63) is 83.9 Å². The van der Waals surface area contributed by atoms with Crippen molar-refractivity contribution in [2.75, 3.05) is 6.61 Å². The number of primary amides is 1. The lowest BCUT2D eigenvalue weighted by atomic mass is 10.1. The number of hydrogen-bond donors (Lipinski definition) is 1. The van der Waals surface area contributed by atoms with Gasteiger partial charge in [0.1, 0.15) is 23.2 Å². The minimum Gasteiger partial charge on any atom is -0.483 e. The number of fused-ring (bicyclic) bond motifs is 1. The SMILES string of the molecule is NC(=O)COc1ccccc1-c1nc2ccccc2n1Cc1c(F)cccc1F. The van der Waals surface area contributed by atoms with E-state index in [1.165, 1.54) is 18.2 Å². The summed E-state index contributed by atoms with van der Waals surface area (Å²) in [6.45, 7) is -0.350. The van der Waals surface area contributed by atoms with Gasteiger partial charge in [-0.2, -0.15) is 0 Å². The molecule has 1 aromatic heterocycles. The second kappa shape index (κ2) is 7.71. The van der Waals surface area contributed by atoms with E-state index in [1.807, 2.05) is 24.3 Å². The van der Waals surface area contributed by atoms with Gasteiger partial charge >= 0.3 is 0 Å². The van der Waals surface area contributed by atoms with E-state index in [2.05, 4.69) is 4.98 Å². The number of halogens is 2. The van der Waals surface area contributed by atoms with E-state index in [1.54, 1.807) is 28.8 Å². The van der Waals surface area contributed by atoms with E-state index in [-0.39, 0.29) is 18.7 Å². The molecular formula is C22H17F2N3O2. The fourth-order valence-electron chi connectivity index (χ4n) is 3.21. The molecule has 146 valence electrons. The molecular weight excluding hydrogens is 376 g/mol. The van der Waals surface area contributed by atoms with E-state index in [4.69, 9.17) is 10.5 Å². The standard InChI is InChI=1S/C22H17F2N3O2/c23-16-7-5-8-17(24)15(16)12-27-19-10-3-2-9-18(19)26-22(27)14-6-1-4-11-20(14)29-13-21(25)28/h1-11H,12-13H2,(H2,25,28). The largest absolute Gasteiger partial charge is 0.483 e. The minimum atomic E-state index is -0.632. The summed E-state index contributed by atoms with van der Waals surface area (Å²) in [4.78, 5) is 15.8. The maximum atomic E-state index is 14.3. The number of para-hydroxylation sites is 3. The molecule has 0 radical (unpaired) electrons. The molecule has 4 aromatic rings. The van der Waals surface area contributed by atoms with E-state index in [0.717, 1.165) is 5.52 Å². The van der Waals surface area contributed by atoms with Crippen LogP contribution in [0.2, 0.25) is 0 Å². The first-order valence-corrected chi connectivity index (χ1v) is 8.93. The Kier molecular flexibility index (Phi) is 4.95. The highest BCUT2D eigenvalue weighted by Gasteiger charge is 2.19. The molecule has 0 saturated carbocycles. The predicted octanol–water partition coefficient (Wildman–Crippen LogP) is 3.89. The maximum Gasteiger partial charge on any atom is 0.255 e. The van der Waals surface area contributed by atoms with Gasteiger partial charge in [-0.1, -0.05) is 30.3 Å². The van der Waals surface area contributed by atoms with Crippen molar-refractivity contribution in [2.24, 2.45) is 5.73 Å². The maximum absolute atomic E-state index is 14.3. The molecule has 4 rings (SSSR count). The average Bonchev–Trinajstić information content (AvgIpc) is 3.08. The van der Waals surface area contributed by atoms with Crippen LogP contribution in [0.4, 0.5) is 8.78 Å². The summed E-state index contributed by atoms with van der Waals surface area (Å²) in [6, 6.07) is 18.1. The fraction of sp³-hybridized carbons (Fsp3) is 0.0909. The van der Waals surface area contributed by atoms with Gasteiger partial charge in [0, 0.05) is 5.56 Å². The molecule has 1 amide bonds. The number of nitrogens with two attached hydrogens (primary N) is 1. The molecule has 0 unspecified atom stereocenters. The lowest BCUT2D eigenvalue weighted by Crippen LogP contribution is -2.20. The number of benzene rings is 3. The summed E-state index contributed by atoms with van der Waals surface area (Å²) in [5.41, 5.74) is 7.10. The number of aromatic nitrogens is 2. The highest BCUT2D eigenvalue weighted by molar-refractivity contribution is 5.82. The van der Waals surface area contributed by atoms with Gasteiger partial charge in [0.05, 0.1) is 23.1 Å². The Morgan fingerprint density at radius 2 is 1.66 bits per heavy atom. The van der Waals surface area contributed by atoms with Crippen molar-refractivity contribution in [3.8, 4) is 17.1 Å². The van der Waals surface area contributed by atoms with Crippen molar-refractivity contribution < 1.29 is 18.3 Å². The van der Waals surface area contributed by atoms with Gasteiger partial charge in [0.15, 0.2) is 6.61 Å². The van der Waals surface area contributed by atoms with E-state index in [9.17, 15) is 13.6 Å². The van der Waals surface area contributed by atoms with Gasteiger partial charge in [-0.05, 0) is 36.4 Å². The lowest BCUT2D eigenvalue weighted by Gasteiger charge is -2.14. The Bertz CT molecular complexity index is 1180. The number of carbonyl (C=O) groups is 1. The highest BCUT2D eigenvalue weighted by Crippen LogP contribution is 2.33. The summed E-state index contributed by atoms with van der Waals surface area (Å²) < 4.78 is 35.9. The second-order valence-electron chi connectivity index (χ2n) is 6.46. The Hall–Kier alpha value is -3.74. The molecule has 0 aliphatic heterocycles. The molecule has 0 aliphatic carbocycles. The van der Waals surface area contributed by atoms with Crippen molar-refractivity contribution in [3.63, 3.8) is 0 Å². The molecule has 0 spiro atoms. The Morgan fingerprint density at radius 1 is 0.966 bits per heavy atom. The van der Waals surface area contributed by atoms with Crippen molar-refractivity contribution >= 4 is 16.9 Å². The first-order valence-electron chi connectivity index (χ1n) is 8.93. The van der Waals surface area contributed by atoms with Gasteiger partial charge in [-0.15, -0.1) is 0 Å². The van der Waals surface area contributed by atoms with Crippen molar-refractivity contribution in [1.82, 2.24) is 9.55 Å². The van der Waals surface area contributed by atoms with Gasteiger partial charge in [-0.3, -0.25) is 4.79 Å². The number of nitrogens with zero attached hydrogens (tertiary/aromatic N) is 2.